The van der Waals surface area contributed by atoms with Crippen LogP contribution < -0.4 is 11.1 Å². The van der Waals surface area contributed by atoms with E-state index in [-0.39, 0.29) is 11.4 Å². The molecule has 3 N–H and O–H groups in total. The Morgan fingerprint density at radius 1 is 1.59 bits per heavy atom. The van der Waals surface area contributed by atoms with Gasteiger partial charge in [-0.15, -0.1) is 0 Å². The third-order valence-corrected chi connectivity index (χ3v) is 2.75. The molecule has 0 saturated heterocycles. The Morgan fingerprint density at radius 2 is 2.35 bits per heavy atom. The highest BCUT2D eigenvalue weighted by atomic mass is 16.2. The highest BCUT2D eigenvalue weighted by Gasteiger charge is 2.38. The quantitative estimate of drug-likeness (QED) is 0.733. The van der Waals surface area contributed by atoms with Gasteiger partial charge < -0.3 is 11.1 Å². The number of nitrogens with two attached hydrogens (primary N) is 1. The SMILES string of the molecule is CC1(NC(=O)c2ccc(C#CCN)cn2)CC1. The summed E-state index contributed by atoms with van der Waals surface area (Å²) in [5, 5.41) is 2.95. The lowest BCUT2D eigenvalue weighted by molar-refractivity contribution is 0.0930. The second kappa shape index (κ2) is 4.56. The fourth-order valence-corrected chi connectivity index (χ4v) is 1.41. The standard InChI is InChI=1S/C13H15N3O/c1-13(6-7-13)16-12(17)11-5-4-10(9-15-11)3-2-8-14/h4-5,9H,6-8,14H2,1H3,(H,16,17). The zero-order chi connectivity index (χ0) is 12.3. The molecule has 1 heterocycles. The number of nitrogens with zero attached hydrogens (tertiary/aromatic N) is 1. The molecule has 4 nitrogen and oxygen atoms in total. The second-order valence-electron chi connectivity index (χ2n) is 4.45. The van der Waals surface area contributed by atoms with Crippen LogP contribution in [0.5, 0.6) is 0 Å². The van der Waals surface area contributed by atoms with E-state index in [2.05, 4.69) is 22.1 Å². The Labute approximate surface area is 101 Å². The molecule has 1 fully saturated rings. The summed E-state index contributed by atoms with van der Waals surface area (Å²) in [6.07, 6.45) is 3.67. The van der Waals surface area contributed by atoms with E-state index >= 15 is 0 Å². The van der Waals surface area contributed by atoms with Crippen molar-refractivity contribution in [1.82, 2.24) is 10.3 Å². The van der Waals surface area contributed by atoms with Crippen molar-refractivity contribution in [1.29, 1.82) is 0 Å². The van der Waals surface area contributed by atoms with Gasteiger partial charge in [-0.05, 0) is 31.9 Å². The van der Waals surface area contributed by atoms with E-state index in [9.17, 15) is 4.79 Å². The zero-order valence-corrected chi connectivity index (χ0v) is 9.79. The molecule has 1 saturated carbocycles. The molecule has 0 radical (unpaired) electrons. The maximum absolute atomic E-state index is 11.8. The predicted octanol–water partition coefficient (Wildman–Crippen LogP) is 0.674. The summed E-state index contributed by atoms with van der Waals surface area (Å²) < 4.78 is 0. The first-order chi connectivity index (χ1) is 8.13. The van der Waals surface area contributed by atoms with Crippen LogP contribution in [-0.4, -0.2) is 23.0 Å². The zero-order valence-electron chi connectivity index (χ0n) is 9.79. The Bertz CT molecular complexity index is 478. The lowest BCUT2D eigenvalue weighted by Gasteiger charge is -2.10. The van der Waals surface area contributed by atoms with Gasteiger partial charge in [-0.25, -0.2) is 4.98 Å². The van der Waals surface area contributed by atoms with Crippen molar-refractivity contribution in [3.63, 3.8) is 0 Å². The van der Waals surface area contributed by atoms with E-state index in [0.717, 1.165) is 18.4 Å². The van der Waals surface area contributed by atoms with Crippen LogP contribution in [0.25, 0.3) is 0 Å². The van der Waals surface area contributed by atoms with Crippen LogP contribution >= 0.6 is 0 Å². The molecule has 0 aromatic carbocycles. The number of amides is 1. The number of rotatable bonds is 2. The van der Waals surface area contributed by atoms with Gasteiger partial charge in [0.05, 0.1) is 6.54 Å². The predicted molar refractivity (Wildman–Crippen MR) is 65.3 cm³/mol. The van der Waals surface area contributed by atoms with Crippen LogP contribution in [-0.2, 0) is 0 Å². The topological polar surface area (TPSA) is 68.0 Å². The van der Waals surface area contributed by atoms with Gasteiger partial charge in [0.2, 0.25) is 0 Å². The largest absolute Gasteiger partial charge is 0.346 e. The van der Waals surface area contributed by atoms with Gasteiger partial charge in [0.1, 0.15) is 5.69 Å². The fraction of sp³-hybridized carbons (Fsp3) is 0.385. The summed E-state index contributed by atoms with van der Waals surface area (Å²) in [6, 6.07) is 3.46. The number of nitrogens with one attached hydrogen (secondary N) is 1. The van der Waals surface area contributed by atoms with E-state index in [4.69, 9.17) is 5.73 Å². The van der Waals surface area contributed by atoms with Crippen molar-refractivity contribution >= 4 is 5.91 Å². The smallest absolute Gasteiger partial charge is 0.270 e. The van der Waals surface area contributed by atoms with Crippen molar-refractivity contribution in [2.24, 2.45) is 5.73 Å². The molecule has 2 rings (SSSR count). The first-order valence-corrected chi connectivity index (χ1v) is 5.60. The highest BCUT2D eigenvalue weighted by molar-refractivity contribution is 5.93. The monoisotopic (exact) mass is 229 g/mol. The molecular weight excluding hydrogens is 214 g/mol. The number of aromatic nitrogens is 1. The van der Waals surface area contributed by atoms with E-state index in [1.165, 1.54) is 0 Å². The van der Waals surface area contributed by atoms with Crippen LogP contribution in [0.15, 0.2) is 18.3 Å². The van der Waals surface area contributed by atoms with Crippen molar-refractivity contribution < 1.29 is 4.79 Å². The van der Waals surface area contributed by atoms with E-state index < -0.39 is 0 Å². The van der Waals surface area contributed by atoms with Crippen LogP contribution in [0, 0.1) is 11.8 Å². The number of carbonyl (C=O) groups is 1. The molecule has 0 bridgehead atoms. The lowest BCUT2D eigenvalue weighted by atomic mass is 10.2. The minimum atomic E-state index is -0.122. The van der Waals surface area contributed by atoms with Crippen molar-refractivity contribution in [3.8, 4) is 11.8 Å². The molecule has 0 unspecified atom stereocenters. The molecule has 1 aromatic rings. The molecule has 1 aromatic heterocycles. The minimum absolute atomic E-state index is 0.0171. The minimum Gasteiger partial charge on any atom is -0.346 e. The number of hydrogen-bond acceptors (Lipinski definition) is 3. The summed E-state index contributed by atoms with van der Waals surface area (Å²) in [4.78, 5) is 15.9. The van der Waals surface area contributed by atoms with Crippen molar-refractivity contribution in [3.05, 3.63) is 29.6 Å². The number of pyridine rings is 1. The van der Waals surface area contributed by atoms with E-state index in [0.29, 0.717) is 12.2 Å². The summed E-state index contributed by atoms with van der Waals surface area (Å²) >= 11 is 0. The summed E-state index contributed by atoms with van der Waals surface area (Å²) in [5.41, 5.74) is 6.45. The third-order valence-electron chi connectivity index (χ3n) is 2.75. The van der Waals surface area contributed by atoms with Crippen LogP contribution in [0.2, 0.25) is 0 Å². The van der Waals surface area contributed by atoms with Gasteiger partial charge >= 0.3 is 0 Å². The van der Waals surface area contributed by atoms with Gasteiger partial charge in [0.25, 0.3) is 5.91 Å². The molecule has 1 aliphatic carbocycles. The molecule has 0 spiro atoms. The summed E-state index contributed by atoms with van der Waals surface area (Å²) in [5.74, 6) is 5.48. The van der Waals surface area contributed by atoms with Gasteiger partial charge in [-0.1, -0.05) is 11.8 Å². The lowest BCUT2D eigenvalue weighted by Crippen LogP contribution is -2.34. The van der Waals surface area contributed by atoms with Gasteiger partial charge in [-0.2, -0.15) is 0 Å². The molecule has 4 heteroatoms. The highest BCUT2D eigenvalue weighted by Crippen LogP contribution is 2.34. The fourth-order valence-electron chi connectivity index (χ4n) is 1.41. The Kier molecular flexibility index (Phi) is 3.12. The van der Waals surface area contributed by atoms with Gasteiger partial charge in [-0.3, -0.25) is 4.79 Å². The molecule has 0 atom stereocenters. The first-order valence-electron chi connectivity index (χ1n) is 5.60. The summed E-state index contributed by atoms with van der Waals surface area (Å²) in [7, 11) is 0. The molecule has 17 heavy (non-hydrogen) atoms. The van der Waals surface area contributed by atoms with Crippen LogP contribution in [0.4, 0.5) is 0 Å². The molecular formula is C13H15N3O. The maximum atomic E-state index is 11.8. The van der Waals surface area contributed by atoms with E-state index in [1.807, 2.05) is 6.92 Å². The van der Waals surface area contributed by atoms with Crippen LogP contribution in [0.1, 0.15) is 35.8 Å². The van der Waals surface area contributed by atoms with E-state index in [1.54, 1.807) is 18.3 Å². The average Bonchev–Trinajstić information content (AvgIpc) is 3.04. The Balaban J connectivity index is 2.04. The van der Waals surface area contributed by atoms with Gasteiger partial charge in [0, 0.05) is 17.3 Å². The first kappa shape index (κ1) is 11.6. The average molecular weight is 229 g/mol. The molecule has 1 aliphatic rings. The molecule has 0 aliphatic heterocycles. The number of carbonyl (C=O) groups excluding carboxylic acids is 1. The Hall–Kier alpha value is -1.86. The second-order valence-corrected chi connectivity index (χ2v) is 4.45. The molecule has 88 valence electrons. The third kappa shape index (κ3) is 3.05. The number of hydrogen-bond donors (Lipinski definition) is 2. The van der Waals surface area contributed by atoms with Crippen LogP contribution in [0.3, 0.4) is 0 Å². The summed E-state index contributed by atoms with van der Waals surface area (Å²) in [6.45, 7) is 2.35. The molecule has 1 amide bonds. The van der Waals surface area contributed by atoms with Gasteiger partial charge in [0.15, 0.2) is 0 Å². The Morgan fingerprint density at radius 3 is 2.88 bits per heavy atom. The normalized spacial score (nSPS) is 15.6. The van der Waals surface area contributed by atoms with Crippen molar-refractivity contribution in [2.45, 2.75) is 25.3 Å². The maximum Gasteiger partial charge on any atom is 0.270 e. The van der Waals surface area contributed by atoms with Crippen molar-refractivity contribution in [2.75, 3.05) is 6.54 Å².